The van der Waals surface area contributed by atoms with Gasteiger partial charge in [0.05, 0.1) is 22.8 Å². The molecule has 34 heavy (non-hydrogen) atoms. The van der Waals surface area contributed by atoms with E-state index in [0.29, 0.717) is 5.16 Å². The Kier molecular flexibility index (Phi) is 7.21. The van der Waals surface area contributed by atoms with E-state index in [1.807, 2.05) is 35.8 Å². The first kappa shape index (κ1) is 23.8. The summed E-state index contributed by atoms with van der Waals surface area (Å²) in [6, 6.07) is 14.0. The summed E-state index contributed by atoms with van der Waals surface area (Å²) in [6.07, 6.45) is 1.45. The largest absolute Gasteiger partial charge is 0.370 e. The maximum atomic E-state index is 12.9. The standard InChI is InChI=1S/C25H30N6O2S/c1-16-8-9-17(2)22(14-16)31-18(3)28-29-25(31)34-15-23(32)27-20-6-4-5-7-21(20)30-12-10-19(11-13-30)24(26)33/h4-9,14,19H,10-13,15H2,1-3H3,(H2,26,33)(H,27,32). The van der Waals surface area contributed by atoms with Gasteiger partial charge in [-0.05, 0) is 62.9 Å². The van der Waals surface area contributed by atoms with Crippen LogP contribution in [0.4, 0.5) is 11.4 Å². The number of amides is 2. The molecule has 0 unspecified atom stereocenters. The number of carbonyl (C=O) groups excluding carboxylic acids is 2. The average Bonchev–Trinajstić information content (AvgIpc) is 3.19. The molecule has 0 bridgehead atoms. The summed E-state index contributed by atoms with van der Waals surface area (Å²) in [4.78, 5) is 26.5. The Labute approximate surface area is 203 Å². The average molecular weight is 479 g/mol. The number of nitrogens with zero attached hydrogens (tertiary/aromatic N) is 4. The van der Waals surface area contributed by atoms with Crippen LogP contribution in [-0.4, -0.2) is 45.4 Å². The molecular formula is C25H30N6O2S. The van der Waals surface area contributed by atoms with Crippen LogP contribution < -0.4 is 16.0 Å². The van der Waals surface area contributed by atoms with E-state index in [9.17, 15) is 9.59 Å². The number of hydrogen-bond acceptors (Lipinski definition) is 6. The number of nitrogens with one attached hydrogen (secondary N) is 1. The fourth-order valence-electron chi connectivity index (χ4n) is 4.25. The molecule has 8 nitrogen and oxygen atoms in total. The van der Waals surface area contributed by atoms with E-state index < -0.39 is 0 Å². The third kappa shape index (κ3) is 5.25. The van der Waals surface area contributed by atoms with Gasteiger partial charge < -0.3 is 16.0 Å². The second-order valence-corrected chi connectivity index (χ2v) is 9.62. The van der Waals surface area contributed by atoms with Crippen molar-refractivity contribution in [3.05, 3.63) is 59.4 Å². The Morgan fingerprint density at radius 2 is 1.79 bits per heavy atom. The molecule has 0 spiro atoms. The number of hydrogen-bond donors (Lipinski definition) is 2. The molecule has 1 aliphatic rings. The zero-order chi connectivity index (χ0) is 24.2. The quantitative estimate of drug-likeness (QED) is 0.503. The molecule has 1 fully saturated rings. The Hall–Kier alpha value is -3.33. The highest BCUT2D eigenvalue weighted by atomic mass is 32.2. The Morgan fingerprint density at radius 1 is 1.06 bits per heavy atom. The third-order valence-electron chi connectivity index (χ3n) is 6.15. The zero-order valence-electron chi connectivity index (χ0n) is 19.7. The van der Waals surface area contributed by atoms with Crippen molar-refractivity contribution in [2.45, 2.75) is 38.8 Å². The summed E-state index contributed by atoms with van der Waals surface area (Å²) >= 11 is 1.36. The number of benzene rings is 2. The Morgan fingerprint density at radius 3 is 2.53 bits per heavy atom. The van der Waals surface area contributed by atoms with E-state index in [2.05, 4.69) is 52.5 Å². The lowest BCUT2D eigenvalue weighted by Gasteiger charge is -2.33. The van der Waals surface area contributed by atoms with Gasteiger partial charge in [0.2, 0.25) is 11.8 Å². The lowest BCUT2D eigenvalue weighted by molar-refractivity contribution is -0.122. The molecule has 1 saturated heterocycles. The van der Waals surface area contributed by atoms with Gasteiger partial charge in [-0.1, -0.05) is 36.0 Å². The van der Waals surface area contributed by atoms with Crippen LogP contribution in [0, 0.1) is 26.7 Å². The molecule has 1 aliphatic heterocycles. The van der Waals surface area contributed by atoms with Crippen LogP contribution in [-0.2, 0) is 9.59 Å². The van der Waals surface area contributed by atoms with Gasteiger partial charge in [0.1, 0.15) is 5.82 Å². The normalized spacial score (nSPS) is 14.3. The van der Waals surface area contributed by atoms with Gasteiger partial charge in [-0.2, -0.15) is 0 Å². The summed E-state index contributed by atoms with van der Waals surface area (Å²) in [5.41, 5.74) is 10.5. The fraction of sp³-hybridized carbons (Fsp3) is 0.360. The molecule has 2 aromatic carbocycles. The number of carbonyl (C=O) groups is 2. The molecule has 1 aromatic heterocycles. The molecule has 9 heteroatoms. The van der Waals surface area contributed by atoms with Gasteiger partial charge in [-0.15, -0.1) is 10.2 Å². The van der Waals surface area contributed by atoms with Gasteiger partial charge in [0.15, 0.2) is 5.16 Å². The van der Waals surface area contributed by atoms with Crippen LogP contribution in [0.5, 0.6) is 0 Å². The van der Waals surface area contributed by atoms with E-state index in [0.717, 1.165) is 59.9 Å². The molecule has 0 atom stereocenters. The number of nitrogens with two attached hydrogens (primary N) is 1. The van der Waals surface area contributed by atoms with Gasteiger partial charge >= 0.3 is 0 Å². The summed E-state index contributed by atoms with van der Waals surface area (Å²) in [5.74, 6) is 0.564. The molecule has 3 N–H and O–H groups in total. The number of thioether (sulfide) groups is 1. The number of rotatable bonds is 7. The second kappa shape index (κ2) is 10.3. The molecule has 3 aromatic rings. The van der Waals surface area contributed by atoms with E-state index in [-0.39, 0.29) is 23.5 Å². The molecule has 2 heterocycles. The first-order valence-corrected chi connectivity index (χ1v) is 12.4. The summed E-state index contributed by atoms with van der Waals surface area (Å²) < 4.78 is 2.00. The predicted molar refractivity (Wildman–Crippen MR) is 135 cm³/mol. The summed E-state index contributed by atoms with van der Waals surface area (Å²) in [5, 5.41) is 12.3. The van der Waals surface area contributed by atoms with Crippen LogP contribution in [0.2, 0.25) is 0 Å². The first-order chi connectivity index (χ1) is 16.3. The maximum Gasteiger partial charge on any atom is 0.234 e. The zero-order valence-corrected chi connectivity index (χ0v) is 20.6. The molecule has 2 amide bonds. The number of aryl methyl sites for hydroxylation is 3. The SMILES string of the molecule is Cc1ccc(C)c(-n2c(C)nnc2SCC(=O)Nc2ccccc2N2CCC(C(N)=O)CC2)c1. The van der Waals surface area contributed by atoms with Crippen molar-refractivity contribution in [1.29, 1.82) is 0 Å². The highest BCUT2D eigenvalue weighted by Gasteiger charge is 2.24. The smallest absolute Gasteiger partial charge is 0.234 e. The van der Waals surface area contributed by atoms with Gasteiger partial charge in [-0.3, -0.25) is 14.2 Å². The molecule has 0 aliphatic carbocycles. The van der Waals surface area contributed by atoms with Crippen molar-refractivity contribution in [3.8, 4) is 5.69 Å². The lowest BCUT2D eigenvalue weighted by Crippen LogP contribution is -2.38. The van der Waals surface area contributed by atoms with E-state index in [4.69, 9.17) is 5.73 Å². The summed E-state index contributed by atoms with van der Waals surface area (Å²) in [6.45, 7) is 7.48. The number of aromatic nitrogens is 3. The Bertz CT molecular complexity index is 1200. The number of piperidine rings is 1. The van der Waals surface area contributed by atoms with Gasteiger partial charge in [0, 0.05) is 19.0 Å². The molecule has 178 valence electrons. The van der Waals surface area contributed by atoms with Crippen molar-refractivity contribution >= 4 is 35.0 Å². The van der Waals surface area contributed by atoms with Crippen LogP contribution in [0.15, 0.2) is 47.6 Å². The van der Waals surface area contributed by atoms with E-state index in [1.54, 1.807) is 0 Å². The number of anilines is 2. The van der Waals surface area contributed by atoms with Crippen molar-refractivity contribution in [2.24, 2.45) is 11.7 Å². The van der Waals surface area contributed by atoms with Crippen molar-refractivity contribution in [2.75, 3.05) is 29.1 Å². The van der Waals surface area contributed by atoms with Crippen LogP contribution in [0.1, 0.15) is 29.8 Å². The minimum absolute atomic E-state index is 0.0766. The second-order valence-electron chi connectivity index (χ2n) is 8.67. The van der Waals surface area contributed by atoms with Crippen LogP contribution in [0.3, 0.4) is 0 Å². The van der Waals surface area contributed by atoms with Crippen molar-refractivity contribution in [1.82, 2.24) is 14.8 Å². The molecule has 0 radical (unpaired) electrons. The molecule has 0 saturated carbocycles. The molecular weight excluding hydrogens is 448 g/mol. The van der Waals surface area contributed by atoms with Crippen LogP contribution >= 0.6 is 11.8 Å². The lowest BCUT2D eigenvalue weighted by atomic mass is 9.96. The monoisotopic (exact) mass is 478 g/mol. The summed E-state index contributed by atoms with van der Waals surface area (Å²) in [7, 11) is 0. The van der Waals surface area contributed by atoms with E-state index >= 15 is 0 Å². The van der Waals surface area contributed by atoms with E-state index in [1.165, 1.54) is 11.8 Å². The predicted octanol–water partition coefficient (Wildman–Crippen LogP) is 3.63. The fourth-order valence-corrected chi connectivity index (χ4v) is 5.04. The van der Waals surface area contributed by atoms with Crippen LogP contribution in [0.25, 0.3) is 5.69 Å². The third-order valence-corrected chi connectivity index (χ3v) is 7.08. The topological polar surface area (TPSA) is 106 Å². The van der Waals surface area contributed by atoms with Crippen molar-refractivity contribution < 1.29 is 9.59 Å². The highest BCUT2D eigenvalue weighted by Crippen LogP contribution is 2.30. The van der Waals surface area contributed by atoms with Gasteiger partial charge in [-0.25, -0.2) is 0 Å². The first-order valence-electron chi connectivity index (χ1n) is 11.4. The van der Waals surface area contributed by atoms with Crippen molar-refractivity contribution in [3.63, 3.8) is 0 Å². The number of para-hydroxylation sites is 2. The highest BCUT2D eigenvalue weighted by molar-refractivity contribution is 7.99. The number of primary amides is 1. The minimum Gasteiger partial charge on any atom is -0.370 e. The van der Waals surface area contributed by atoms with Gasteiger partial charge in [0.25, 0.3) is 0 Å². The molecule has 4 rings (SSSR count). The Balaban J connectivity index is 1.44. The maximum absolute atomic E-state index is 12.9. The minimum atomic E-state index is -0.234.